The molecule has 3 heteroatoms. The van der Waals surface area contributed by atoms with Gasteiger partial charge in [-0.25, -0.2) is 0 Å². The van der Waals surface area contributed by atoms with Crippen molar-refractivity contribution in [3.63, 3.8) is 0 Å². The number of furan rings is 1. The number of piperazine rings is 1. The number of hydrogen-bond donors (Lipinski definition) is 1. The zero-order valence-electron chi connectivity index (χ0n) is 8.54. The second-order valence-corrected chi connectivity index (χ2v) is 3.83. The van der Waals surface area contributed by atoms with Crippen molar-refractivity contribution < 1.29 is 4.42 Å². The van der Waals surface area contributed by atoms with Crippen LogP contribution in [0.1, 0.15) is 12.0 Å². The van der Waals surface area contributed by atoms with Crippen LogP contribution in [0.3, 0.4) is 0 Å². The van der Waals surface area contributed by atoms with Crippen molar-refractivity contribution in [3.8, 4) is 0 Å². The van der Waals surface area contributed by atoms with Crippen LogP contribution in [0.2, 0.25) is 0 Å². The SMILES string of the molecule is c1cc(CCCN2CCNCC2)co1. The lowest BCUT2D eigenvalue weighted by Crippen LogP contribution is -2.43. The summed E-state index contributed by atoms with van der Waals surface area (Å²) in [5.74, 6) is 0. The first-order chi connectivity index (χ1) is 6.95. The Balaban J connectivity index is 1.62. The fraction of sp³-hybridized carbons (Fsp3) is 0.636. The summed E-state index contributed by atoms with van der Waals surface area (Å²) in [5.41, 5.74) is 1.32. The number of rotatable bonds is 4. The molecule has 2 rings (SSSR count). The van der Waals surface area contributed by atoms with Gasteiger partial charge in [0.2, 0.25) is 0 Å². The Labute approximate surface area is 85.1 Å². The molecule has 0 amide bonds. The van der Waals surface area contributed by atoms with Gasteiger partial charge in [0.25, 0.3) is 0 Å². The van der Waals surface area contributed by atoms with Gasteiger partial charge >= 0.3 is 0 Å². The van der Waals surface area contributed by atoms with Crippen molar-refractivity contribution in [2.45, 2.75) is 12.8 Å². The van der Waals surface area contributed by atoms with Crippen LogP contribution in [0.25, 0.3) is 0 Å². The molecule has 0 bridgehead atoms. The van der Waals surface area contributed by atoms with Crippen molar-refractivity contribution in [2.75, 3.05) is 32.7 Å². The van der Waals surface area contributed by atoms with Crippen molar-refractivity contribution in [1.29, 1.82) is 0 Å². The van der Waals surface area contributed by atoms with Crippen LogP contribution in [0.5, 0.6) is 0 Å². The molecular formula is C11H18N2O. The minimum atomic E-state index is 1.14. The van der Waals surface area contributed by atoms with E-state index in [1.54, 1.807) is 6.26 Å². The van der Waals surface area contributed by atoms with Crippen molar-refractivity contribution >= 4 is 0 Å². The highest BCUT2D eigenvalue weighted by atomic mass is 16.3. The van der Waals surface area contributed by atoms with Crippen molar-refractivity contribution in [2.24, 2.45) is 0 Å². The Morgan fingerprint density at radius 2 is 2.21 bits per heavy atom. The van der Waals surface area contributed by atoms with Crippen LogP contribution in [0.15, 0.2) is 23.0 Å². The van der Waals surface area contributed by atoms with E-state index in [1.807, 2.05) is 6.26 Å². The third kappa shape index (κ3) is 2.86. The minimum absolute atomic E-state index is 1.14. The molecule has 0 radical (unpaired) electrons. The van der Waals surface area contributed by atoms with E-state index in [0.29, 0.717) is 0 Å². The van der Waals surface area contributed by atoms with Crippen LogP contribution in [-0.2, 0) is 6.42 Å². The van der Waals surface area contributed by atoms with Crippen LogP contribution in [0.4, 0.5) is 0 Å². The summed E-state index contributed by atoms with van der Waals surface area (Å²) in [6, 6.07) is 2.05. The normalized spacial score (nSPS) is 18.6. The zero-order chi connectivity index (χ0) is 9.64. The summed E-state index contributed by atoms with van der Waals surface area (Å²) in [5, 5.41) is 3.36. The molecule has 0 aromatic carbocycles. The first-order valence-corrected chi connectivity index (χ1v) is 5.39. The standard InChI is InChI=1S/C11H18N2O/c1(2-11-3-9-14-10-11)6-13-7-4-12-5-8-13/h3,9-10,12H,1-2,4-8H2. The monoisotopic (exact) mass is 194 g/mol. The van der Waals surface area contributed by atoms with Gasteiger partial charge in [-0.1, -0.05) is 0 Å². The Morgan fingerprint density at radius 1 is 1.36 bits per heavy atom. The molecule has 0 saturated carbocycles. The maximum absolute atomic E-state index is 5.03. The Kier molecular flexibility index (Phi) is 3.60. The van der Waals surface area contributed by atoms with Gasteiger partial charge < -0.3 is 14.6 Å². The van der Waals surface area contributed by atoms with Gasteiger partial charge in [-0.15, -0.1) is 0 Å². The summed E-state index contributed by atoms with van der Waals surface area (Å²) in [7, 11) is 0. The largest absolute Gasteiger partial charge is 0.472 e. The summed E-state index contributed by atoms with van der Waals surface area (Å²) in [6.45, 7) is 5.90. The molecule has 1 fully saturated rings. The second kappa shape index (κ2) is 5.17. The molecular weight excluding hydrogens is 176 g/mol. The number of nitrogens with one attached hydrogen (secondary N) is 1. The lowest BCUT2D eigenvalue weighted by Gasteiger charge is -2.26. The van der Waals surface area contributed by atoms with Crippen LogP contribution in [0, 0.1) is 0 Å². The molecule has 1 aliphatic rings. The van der Waals surface area contributed by atoms with Gasteiger partial charge in [-0.2, -0.15) is 0 Å². The van der Waals surface area contributed by atoms with Crippen molar-refractivity contribution in [1.82, 2.24) is 10.2 Å². The molecule has 78 valence electrons. The smallest absolute Gasteiger partial charge is 0.0934 e. The van der Waals surface area contributed by atoms with E-state index in [-0.39, 0.29) is 0 Å². The van der Waals surface area contributed by atoms with Crippen molar-refractivity contribution in [3.05, 3.63) is 24.2 Å². The summed E-state index contributed by atoms with van der Waals surface area (Å²) in [6.07, 6.45) is 5.97. The predicted octanol–water partition coefficient (Wildman–Crippen LogP) is 1.12. The molecule has 3 nitrogen and oxygen atoms in total. The van der Waals surface area contributed by atoms with Crippen LogP contribution in [-0.4, -0.2) is 37.6 Å². The molecule has 1 N–H and O–H groups in total. The van der Waals surface area contributed by atoms with E-state index < -0.39 is 0 Å². The third-order valence-electron chi connectivity index (χ3n) is 2.73. The Bertz CT molecular complexity index is 240. The maximum Gasteiger partial charge on any atom is 0.0934 e. The van der Waals surface area contributed by atoms with Gasteiger partial charge in [0, 0.05) is 26.2 Å². The average molecular weight is 194 g/mol. The molecule has 14 heavy (non-hydrogen) atoms. The molecule has 0 unspecified atom stereocenters. The topological polar surface area (TPSA) is 28.4 Å². The predicted molar refractivity (Wildman–Crippen MR) is 56.3 cm³/mol. The highest BCUT2D eigenvalue weighted by Gasteiger charge is 2.08. The molecule has 1 saturated heterocycles. The Morgan fingerprint density at radius 3 is 2.93 bits per heavy atom. The first kappa shape index (κ1) is 9.74. The highest BCUT2D eigenvalue weighted by molar-refractivity contribution is 5.04. The molecule has 0 spiro atoms. The van der Waals surface area contributed by atoms with Gasteiger partial charge in [0.05, 0.1) is 12.5 Å². The van der Waals surface area contributed by atoms with Crippen LogP contribution < -0.4 is 5.32 Å². The van der Waals surface area contributed by atoms with Gasteiger partial charge in [-0.05, 0) is 31.0 Å². The average Bonchev–Trinajstić information content (AvgIpc) is 2.72. The third-order valence-corrected chi connectivity index (χ3v) is 2.73. The quantitative estimate of drug-likeness (QED) is 0.778. The van der Waals surface area contributed by atoms with Gasteiger partial charge in [0.1, 0.15) is 0 Å². The molecule has 2 heterocycles. The lowest BCUT2D eigenvalue weighted by molar-refractivity contribution is 0.238. The maximum atomic E-state index is 5.03. The van der Waals surface area contributed by atoms with E-state index in [1.165, 1.54) is 31.6 Å². The van der Waals surface area contributed by atoms with Gasteiger partial charge in [0.15, 0.2) is 0 Å². The molecule has 1 aromatic rings. The summed E-state index contributed by atoms with van der Waals surface area (Å²) >= 11 is 0. The number of aryl methyl sites for hydroxylation is 1. The van der Waals surface area contributed by atoms with E-state index in [2.05, 4.69) is 16.3 Å². The fourth-order valence-corrected chi connectivity index (χ4v) is 1.88. The minimum Gasteiger partial charge on any atom is -0.472 e. The van der Waals surface area contributed by atoms with Gasteiger partial charge in [-0.3, -0.25) is 0 Å². The second-order valence-electron chi connectivity index (χ2n) is 3.83. The zero-order valence-corrected chi connectivity index (χ0v) is 8.54. The number of hydrogen-bond acceptors (Lipinski definition) is 3. The van der Waals surface area contributed by atoms with E-state index in [0.717, 1.165) is 19.5 Å². The summed E-state index contributed by atoms with van der Waals surface area (Å²) in [4.78, 5) is 2.52. The van der Waals surface area contributed by atoms with E-state index >= 15 is 0 Å². The molecule has 0 aliphatic carbocycles. The number of nitrogens with zero attached hydrogens (tertiary/aromatic N) is 1. The van der Waals surface area contributed by atoms with Crippen LogP contribution >= 0.6 is 0 Å². The highest BCUT2D eigenvalue weighted by Crippen LogP contribution is 2.04. The van der Waals surface area contributed by atoms with E-state index in [4.69, 9.17) is 4.42 Å². The lowest BCUT2D eigenvalue weighted by atomic mass is 10.2. The fourth-order valence-electron chi connectivity index (χ4n) is 1.88. The molecule has 1 aliphatic heterocycles. The van der Waals surface area contributed by atoms with E-state index in [9.17, 15) is 0 Å². The first-order valence-electron chi connectivity index (χ1n) is 5.39. The summed E-state index contributed by atoms with van der Waals surface area (Å²) < 4.78 is 5.03. The Hall–Kier alpha value is -0.800. The molecule has 1 aromatic heterocycles. The molecule has 0 atom stereocenters.